The largest absolute Gasteiger partial charge is 0.392 e. The van der Waals surface area contributed by atoms with E-state index in [0.29, 0.717) is 6.54 Å². The molecule has 2 atom stereocenters. The van der Waals surface area contributed by atoms with Gasteiger partial charge in [-0.2, -0.15) is 5.10 Å². The van der Waals surface area contributed by atoms with Gasteiger partial charge in [0.25, 0.3) is 0 Å². The Labute approximate surface area is 129 Å². The molecule has 1 heterocycles. The number of aliphatic hydroxyl groups excluding tert-OH is 1. The summed E-state index contributed by atoms with van der Waals surface area (Å²) >= 11 is 0. The normalized spacial score (nSPS) is 13.4. The second-order valence-electron chi connectivity index (χ2n) is 5.26. The summed E-state index contributed by atoms with van der Waals surface area (Å²) in [7, 11) is 1.65. The van der Waals surface area contributed by atoms with Crippen molar-refractivity contribution >= 4 is 6.03 Å². The van der Waals surface area contributed by atoms with E-state index < -0.39 is 6.10 Å². The molecule has 0 radical (unpaired) electrons. The van der Waals surface area contributed by atoms with E-state index in [2.05, 4.69) is 15.4 Å². The van der Waals surface area contributed by atoms with Crippen LogP contribution >= 0.6 is 0 Å². The Kier molecular flexibility index (Phi) is 5.48. The van der Waals surface area contributed by atoms with Crippen LogP contribution in [-0.2, 0) is 6.54 Å². The lowest BCUT2D eigenvalue weighted by atomic mass is 10.1. The molecule has 1 aromatic carbocycles. The van der Waals surface area contributed by atoms with Crippen molar-refractivity contribution in [2.75, 3.05) is 13.6 Å². The first kappa shape index (κ1) is 16.0. The number of nitrogens with one attached hydrogen (secondary N) is 1. The average molecular weight is 303 g/mol. The van der Waals surface area contributed by atoms with Crippen molar-refractivity contribution in [1.82, 2.24) is 25.0 Å². The smallest absolute Gasteiger partial charge is 0.317 e. The third-order valence-corrected chi connectivity index (χ3v) is 3.22. The highest BCUT2D eigenvalue weighted by atomic mass is 16.3. The topological polar surface area (TPSA) is 83.3 Å². The number of benzene rings is 1. The van der Waals surface area contributed by atoms with Crippen molar-refractivity contribution < 1.29 is 9.90 Å². The number of amides is 2. The zero-order chi connectivity index (χ0) is 15.9. The van der Waals surface area contributed by atoms with Crippen LogP contribution in [0, 0.1) is 0 Å². The van der Waals surface area contributed by atoms with E-state index >= 15 is 0 Å². The SMILES string of the molecule is CC(O)CN(C)C(=O)NC(Cn1cncn1)c1ccccc1. The molecule has 7 nitrogen and oxygen atoms in total. The Morgan fingerprint density at radius 3 is 2.73 bits per heavy atom. The van der Waals surface area contributed by atoms with Crippen LogP contribution in [0.4, 0.5) is 4.79 Å². The predicted molar refractivity (Wildman–Crippen MR) is 82.0 cm³/mol. The van der Waals surface area contributed by atoms with Crippen molar-refractivity contribution in [3.63, 3.8) is 0 Å². The molecule has 1 aromatic heterocycles. The second kappa shape index (κ2) is 7.56. The fourth-order valence-electron chi connectivity index (χ4n) is 2.17. The first-order valence-electron chi connectivity index (χ1n) is 7.13. The van der Waals surface area contributed by atoms with E-state index in [-0.39, 0.29) is 18.6 Å². The predicted octanol–water partition coefficient (Wildman–Crippen LogP) is 1.04. The van der Waals surface area contributed by atoms with Crippen LogP contribution in [0.2, 0.25) is 0 Å². The minimum atomic E-state index is -0.568. The molecule has 7 heteroatoms. The molecule has 0 saturated carbocycles. The van der Waals surface area contributed by atoms with Crippen molar-refractivity contribution in [1.29, 1.82) is 0 Å². The Hall–Kier alpha value is -2.41. The summed E-state index contributed by atoms with van der Waals surface area (Å²) in [6.07, 6.45) is 2.51. The molecule has 0 aliphatic carbocycles. The molecule has 0 fully saturated rings. The molecule has 0 spiro atoms. The third-order valence-electron chi connectivity index (χ3n) is 3.22. The minimum absolute atomic E-state index is 0.230. The van der Waals surface area contributed by atoms with Crippen LogP contribution < -0.4 is 5.32 Å². The van der Waals surface area contributed by atoms with Crippen molar-refractivity contribution in [2.45, 2.75) is 25.6 Å². The summed E-state index contributed by atoms with van der Waals surface area (Å²) in [5, 5.41) is 16.4. The van der Waals surface area contributed by atoms with Gasteiger partial charge >= 0.3 is 6.03 Å². The molecule has 0 saturated heterocycles. The summed E-state index contributed by atoms with van der Waals surface area (Å²) in [6, 6.07) is 9.22. The van der Waals surface area contributed by atoms with E-state index in [1.807, 2.05) is 30.3 Å². The molecule has 0 aliphatic rings. The second-order valence-corrected chi connectivity index (χ2v) is 5.26. The Balaban J connectivity index is 2.09. The molecular weight excluding hydrogens is 282 g/mol. The highest BCUT2D eigenvalue weighted by Crippen LogP contribution is 2.15. The monoisotopic (exact) mass is 303 g/mol. The van der Waals surface area contributed by atoms with Crippen molar-refractivity contribution in [3.8, 4) is 0 Å². The number of likely N-dealkylation sites (N-methyl/N-ethyl adjacent to an activating group) is 1. The van der Waals surface area contributed by atoms with Gasteiger partial charge < -0.3 is 15.3 Å². The van der Waals surface area contributed by atoms with Gasteiger partial charge in [0.1, 0.15) is 12.7 Å². The van der Waals surface area contributed by atoms with Crippen LogP contribution in [0.5, 0.6) is 0 Å². The van der Waals surface area contributed by atoms with Gasteiger partial charge in [0, 0.05) is 13.6 Å². The number of carbonyl (C=O) groups excluding carboxylic acids is 1. The van der Waals surface area contributed by atoms with Gasteiger partial charge in [-0.3, -0.25) is 4.68 Å². The highest BCUT2D eigenvalue weighted by molar-refractivity contribution is 5.74. The van der Waals surface area contributed by atoms with E-state index in [1.165, 1.54) is 11.2 Å². The van der Waals surface area contributed by atoms with Gasteiger partial charge in [-0.15, -0.1) is 0 Å². The fraction of sp³-hybridized carbons (Fsp3) is 0.400. The number of hydrogen-bond donors (Lipinski definition) is 2. The zero-order valence-electron chi connectivity index (χ0n) is 12.8. The van der Waals surface area contributed by atoms with Crippen LogP contribution in [0.3, 0.4) is 0 Å². The van der Waals surface area contributed by atoms with E-state index in [1.54, 1.807) is 25.0 Å². The van der Waals surface area contributed by atoms with Crippen LogP contribution in [0.15, 0.2) is 43.0 Å². The summed E-state index contributed by atoms with van der Waals surface area (Å²) in [6.45, 7) is 2.41. The van der Waals surface area contributed by atoms with Crippen molar-refractivity contribution in [3.05, 3.63) is 48.5 Å². The first-order valence-corrected chi connectivity index (χ1v) is 7.13. The van der Waals surface area contributed by atoms with Gasteiger partial charge in [-0.25, -0.2) is 9.78 Å². The summed E-state index contributed by atoms with van der Waals surface area (Å²) < 4.78 is 1.67. The lowest BCUT2D eigenvalue weighted by Crippen LogP contribution is -2.43. The molecular formula is C15H21N5O2. The zero-order valence-corrected chi connectivity index (χ0v) is 12.8. The molecule has 2 aromatic rings. The summed E-state index contributed by atoms with van der Waals surface area (Å²) in [5.41, 5.74) is 0.983. The molecule has 118 valence electrons. The number of urea groups is 1. The van der Waals surface area contributed by atoms with Crippen LogP contribution in [0.1, 0.15) is 18.5 Å². The lowest BCUT2D eigenvalue weighted by molar-refractivity contribution is 0.142. The Bertz CT molecular complexity index is 571. The fourth-order valence-corrected chi connectivity index (χ4v) is 2.17. The molecule has 2 unspecified atom stereocenters. The summed E-state index contributed by atoms with van der Waals surface area (Å²) in [5.74, 6) is 0. The quantitative estimate of drug-likeness (QED) is 0.835. The van der Waals surface area contributed by atoms with Crippen LogP contribution in [-0.4, -0.2) is 50.5 Å². The number of rotatable bonds is 6. The molecule has 2 rings (SSSR count). The van der Waals surface area contributed by atoms with Gasteiger partial charge in [0.05, 0.1) is 18.7 Å². The molecule has 22 heavy (non-hydrogen) atoms. The maximum atomic E-state index is 12.2. The number of hydrogen-bond acceptors (Lipinski definition) is 4. The lowest BCUT2D eigenvalue weighted by Gasteiger charge is -2.24. The van der Waals surface area contributed by atoms with Crippen molar-refractivity contribution in [2.24, 2.45) is 0 Å². The van der Waals surface area contributed by atoms with Crippen LogP contribution in [0.25, 0.3) is 0 Å². The maximum absolute atomic E-state index is 12.2. The number of aliphatic hydroxyl groups is 1. The molecule has 0 aliphatic heterocycles. The number of carbonyl (C=O) groups is 1. The summed E-state index contributed by atoms with van der Waals surface area (Å²) in [4.78, 5) is 17.6. The van der Waals surface area contributed by atoms with Gasteiger partial charge in [0.2, 0.25) is 0 Å². The Morgan fingerprint density at radius 1 is 1.41 bits per heavy atom. The van der Waals surface area contributed by atoms with E-state index in [0.717, 1.165) is 5.56 Å². The van der Waals surface area contributed by atoms with E-state index in [9.17, 15) is 9.90 Å². The maximum Gasteiger partial charge on any atom is 0.317 e. The first-order chi connectivity index (χ1) is 10.6. The molecule has 2 amide bonds. The average Bonchev–Trinajstić information content (AvgIpc) is 2.99. The Morgan fingerprint density at radius 2 is 2.14 bits per heavy atom. The molecule has 0 bridgehead atoms. The molecule has 2 N–H and O–H groups in total. The van der Waals surface area contributed by atoms with Gasteiger partial charge in [0.15, 0.2) is 0 Å². The number of aromatic nitrogens is 3. The third kappa shape index (κ3) is 4.56. The number of nitrogens with zero attached hydrogens (tertiary/aromatic N) is 4. The van der Waals surface area contributed by atoms with Gasteiger partial charge in [-0.05, 0) is 12.5 Å². The highest BCUT2D eigenvalue weighted by Gasteiger charge is 2.18. The van der Waals surface area contributed by atoms with E-state index in [4.69, 9.17) is 0 Å². The van der Waals surface area contributed by atoms with Gasteiger partial charge in [-0.1, -0.05) is 30.3 Å². The standard InChI is InChI=1S/C15H21N5O2/c1-12(21)8-19(2)15(22)18-14(9-20-11-16-10-17-20)13-6-4-3-5-7-13/h3-7,10-12,14,21H,8-9H2,1-2H3,(H,18,22). The minimum Gasteiger partial charge on any atom is -0.392 e.